The maximum atomic E-state index is 12.1. The summed E-state index contributed by atoms with van der Waals surface area (Å²) in [5, 5.41) is 0.880. The van der Waals surface area contributed by atoms with Crippen molar-refractivity contribution in [2.75, 3.05) is 19.5 Å². The first-order valence-electron chi connectivity index (χ1n) is 8.10. The summed E-state index contributed by atoms with van der Waals surface area (Å²) in [7, 11) is 1.61. The van der Waals surface area contributed by atoms with E-state index in [2.05, 4.69) is 4.98 Å². The van der Waals surface area contributed by atoms with Gasteiger partial charge in [0.15, 0.2) is 5.58 Å². The Kier molecular flexibility index (Phi) is 3.96. The Balaban J connectivity index is 1.56. The molecule has 0 aliphatic carbocycles. The third kappa shape index (κ3) is 2.83. The number of hydrogen-bond donors (Lipinski definition) is 1. The molecule has 4 rings (SSSR count). The van der Waals surface area contributed by atoms with Crippen molar-refractivity contribution in [3.05, 3.63) is 59.2 Å². The average molecular weight is 351 g/mol. The number of nitrogens with zero attached hydrogens (tertiary/aromatic N) is 2. The minimum Gasteiger partial charge on any atom is -0.497 e. The first-order valence-corrected chi connectivity index (χ1v) is 8.10. The highest BCUT2D eigenvalue weighted by molar-refractivity contribution is 5.86. The quantitative estimate of drug-likeness (QED) is 0.556. The van der Waals surface area contributed by atoms with Gasteiger partial charge in [0.05, 0.1) is 24.7 Å². The van der Waals surface area contributed by atoms with E-state index < -0.39 is 5.76 Å². The normalized spacial score (nSPS) is 11.1. The second kappa shape index (κ2) is 6.44. The van der Waals surface area contributed by atoms with Gasteiger partial charge < -0.3 is 19.6 Å². The van der Waals surface area contributed by atoms with Crippen molar-refractivity contribution in [1.29, 1.82) is 0 Å². The molecule has 132 valence electrons. The smallest absolute Gasteiger partial charge is 0.420 e. The highest BCUT2D eigenvalue weighted by atomic mass is 16.5. The summed E-state index contributed by atoms with van der Waals surface area (Å²) in [5.74, 6) is 0.999. The summed E-state index contributed by atoms with van der Waals surface area (Å²) in [6.45, 7) is 0.666. The Hall–Kier alpha value is -3.48. The molecule has 0 aliphatic heterocycles. The van der Waals surface area contributed by atoms with Gasteiger partial charge in [0.2, 0.25) is 0 Å². The SMILES string of the molecule is COc1ccc2c(OCCn3c(=O)oc4cc(N)ccc43)ccnc2c1. The van der Waals surface area contributed by atoms with E-state index in [9.17, 15) is 4.79 Å². The monoisotopic (exact) mass is 351 g/mol. The molecule has 0 radical (unpaired) electrons. The molecule has 0 bridgehead atoms. The van der Waals surface area contributed by atoms with Crippen molar-refractivity contribution in [3.63, 3.8) is 0 Å². The summed E-state index contributed by atoms with van der Waals surface area (Å²) in [4.78, 5) is 16.4. The molecule has 7 heteroatoms. The van der Waals surface area contributed by atoms with Crippen LogP contribution in [0.15, 0.2) is 57.9 Å². The fourth-order valence-electron chi connectivity index (χ4n) is 2.90. The van der Waals surface area contributed by atoms with Crippen LogP contribution in [0.4, 0.5) is 5.69 Å². The zero-order valence-corrected chi connectivity index (χ0v) is 14.1. The van der Waals surface area contributed by atoms with Gasteiger partial charge in [-0.1, -0.05) is 0 Å². The van der Waals surface area contributed by atoms with E-state index in [1.807, 2.05) is 18.2 Å². The predicted octanol–water partition coefficient (Wildman–Crippen LogP) is 2.81. The van der Waals surface area contributed by atoms with Crippen LogP contribution in [0.5, 0.6) is 11.5 Å². The molecule has 0 aliphatic rings. The van der Waals surface area contributed by atoms with Gasteiger partial charge in [-0.3, -0.25) is 9.55 Å². The number of rotatable bonds is 5. The van der Waals surface area contributed by atoms with Crippen molar-refractivity contribution in [1.82, 2.24) is 9.55 Å². The molecule has 0 atom stereocenters. The number of ether oxygens (including phenoxy) is 2. The van der Waals surface area contributed by atoms with Crippen LogP contribution in [0.2, 0.25) is 0 Å². The number of nitrogen functional groups attached to an aromatic ring is 1. The van der Waals surface area contributed by atoms with Crippen LogP contribution in [-0.2, 0) is 6.54 Å². The molecule has 0 unspecified atom stereocenters. The van der Waals surface area contributed by atoms with Crippen molar-refractivity contribution in [2.24, 2.45) is 0 Å². The third-order valence-electron chi connectivity index (χ3n) is 4.17. The second-order valence-corrected chi connectivity index (χ2v) is 5.79. The number of methoxy groups -OCH3 is 1. The van der Waals surface area contributed by atoms with Gasteiger partial charge >= 0.3 is 5.76 Å². The lowest BCUT2D eigenvalue weighted by Crippen LogP contribution is -2.18. The zero-order chi connectivity index (χ0) is 18.1. The number of oxazole rings is 1. The molecule has 2 heterocycles. The van der Waals surface area contributed by atoms with E-state index in [0.717, 1.165) is 16.7 Å². The minimum absolute atomic E-state index is 0.310. The predicted molar refractivity (Wildman–Crippen MR) is 98.7 cm³/mol. The highest BCUT2D eigenvalue weighted by Gasteiger charge is 2.10. The molecule has 7 nitrogen and oxygen atoms in total. The Morgan fingerprint density at radius 2 is 2.08 bits per heavy atom. The van der Waals surface area contributed by atoms with E-state index in [1.54, 1.807) is 37.6 Å². The van der Waals surface area contributed by atoms with Crippen LogP contribution < -0.4 is 21.0 Å². The Morgan fingerprint density at radius 3 is 2.92 bits per heavy atom. The molecule has 0 saturated heterocycles. The lowest BCUT2D eigenvalue weighted by molar-refractivity contribution is 0.297. The van der Waals surface area contributed by atoms with Crippen molar-refractivity contribution in [2.45, 2.75) is 6.54 Å². The molecule has 4 aromatic rings. The molecule has 2 aromatic heterocycles. The maximum Gasteiger partial charge on any atom is 0.420 e. The van der Waals surface area contributed by atoms with Crippen LogP contribution in [0.25, 0.3) is 22.0 Å². The fourth-order valence-corrected chi connectivity index (χ4v) is 2.90. The van der Waals surface area contributed by atoms with Crippen molar-refractivity contribution < 1.29 is 13.9 Å². The second-order valence-electron chi connectivity index (χ2n) is 5.79. The van der Waals surface area contributed by atoms with Crippen LogP contribution >= 0.6 is 0 Å². The number of benzene rings is 2. The Morgan fingerprint density at radius 1 is 1.19 bits per heavy atom. The van der Waals surface area contributed by atoms with Crippen LogP contribution in [0, 0.1) is 0 Å². The molecule has 26 heavy (non-hydrogen) atoms. The van der Waals surface area contributed by atoms with Crippen molar-refractivity contribution >= 4 is 27.7 Å². The number of anilines is 1. The third-order valence-corrected chi connectivity index (χ3v) is 4.17. The van der Waals surface area contributed by atoms with E-state index in [-0.39, 0.29) is 0 Å². The number of hydrogen-bond acceptors (Lipinski definition) is 6. The van der Waals surface area contributed by atoms with E-state index in [1.165, 1.54) is 4.57 Å². The van der Waals surface area contributed by atoms with Crippen LogP contribution in [-0.4, -0.2) is 23.3 Å². The van der Waals surface area contributed by atoms with Crippen LogP contribution in [0.3, 0.4) is 0 Å². The lowest BCUT2D eigenvalue weighted by Gasteiger charge is -2.10. The summed E-state index contributed by atoms with van der Waals surface area (Å²) >= 11 is 0. The van der Waals surface area contributed by atoms with Gasteiger partial charge in [0.25, 0.3) is 0 Å². The number of aromatic nitrogens is 2. The minimum atomic E-state index is -0.432. The zero-order valence-electron chi connectivity index (χ0n) is 14.1. The molecular formula is C19H17N3O4. The number of nitrogens with two attached hydrogens (primary N) is 1. The van der Waals surface area contributed by atoms with Gasteiger partial charge in [-0.15, -0.1) is 0 Å². The first kappa shape index (κ1) is 16.0. The summed E-state index contributed by atoms with van der Waals surface area (Å²) in [5.41, 5.74) is 8.21. The molecule has 0 fully saturated rings. The van der Waals surface area contributed by atoms with Crippen LogP contribution in [0.1, 0.15) is 0 Å². The summed E-state index contributed by atoms with van der Waals surface area (Å²) < 4.78 is 17.9. The lowest BCUT2D eigenvalue weighted by atomic mass is 10.2. The largest absolute Gasteiger partial charge is 0.497 e. The van der Waals surface area contributed by atoms with E-state index >= 15 is 0 Å². The van der Waals surface area contributed by atoms with Gasteiger partial charge in [-0.2, -0.15) is 0 Å². The average Bonchev–Trinajstić information content (AvgIpc) is 2.95. The van der Waals surface area contributed by atoms with Gasteiger partial charge in [-0.25, -0.2) is 4.79 Å². The van der Waals surface area contributed by atoms with E-state index in [4.69, 9.17) is 19.6 Å². The molecule has 0 saturated carbocycles. The topological polar surface area (TPSA) is 92.5 Å². The first-order chi connectivity index (χ1) is 12.7. The molecule has 0 spiro atoms. The maximum absolute atomic E-state index is 12.1. The van der Waals surface area contributed by atoms with Gasteiger partial charge in [0, 0.05) is 29.4 Å². The molecule has 2 N–H and O–H groups in total. The fraction of sp³-hybridized carbons (Fsp3) is 0.158. The number of pyridine rings is 1. The van der Waals surface area contributed by atoms with Gasteiger partial charge in [0.1, 0.15) is 18.1 Å². The summed E-state index contributed by atoms with van der Waals surface area (Å²) in [6.07, 6.45) is 1.68. The molecular weight excluding hydrogens is 334 g/mol. The van der Waals surface area contributed by atoms with Gasteiger partial charge in [-0.05, 0) is 30.3 Å². The molecule has 2 aromatic carbocycles. The highest BCUT2D eigenvalue weighted by Crippen LogP contribution is 2.27. The Labute approximate surface area is 148 Å². The standard InChI is InChI=1S/C19H17N3O4/c1-24-13-3-4-14-15(11-13)21-7-6-17(14)25-9-8-22-16-5-2-12(20)10-18(16)26-19(22)23/h2-7,10-11H,8-9,20H2,1H3. The molecule has 0 amide bonds. The van der Waals surface area contributed by atoms with E-state index in [0.29, 0.717) is 35.7 Å². The van der Waals surface area contributed by atoms with Crippen molar-refractivity contribution in [3.8, 4) is 11.5 Å². The Bertz CT molecular complexity index is 1150. The number of fused-ring (bicyclic) bond motifs is 2. The summed E-state index contributed by atoms with van der Waals surface area (Å²) in [6, 6.07) is 12.5.